The third kappa shape index (κ3) is 9.04. The molecule has 1 saturated heterocycles. The predicted octanol–water partition coefficient (Wildman–Crippen LogP) is 3.49. The van der Waals surface area contributed by atoms with E-state index in [1.807, 2.05) is 60.0 Å². The molecule has 2 aliphatic rings. The average molecular weight is 598 g/mol. The molecule has 11 heteroatoms. The normalized spacial score (nSPS) is 21.7. The van der Waals surface area contributed by atoms with Gasteiger partial charge in [0.15, 0.2) is 11.6 Å². The number of carbonyl (C=O) groups excluding carboxylic acids is 3. The van der Waals surface area contributed by atoms with Crippen molar-refractivity contribution in [3.63, 3.8) is 0 Å². The number of rotatable bonds is 7. The van der Waals surface area contributed by atoms with Crippen LogP contribution in [0, 0.1) is 5.92 Å². The number of carbonyl (C=O) groups is 3. The quantitative estimate of drug-likeness (QED) is 0.503. The lowest BCUT2D eigenvalue weighted by Gasteiger charge is -2.29. The van der Waals surface area contributed by atoms with Gasteiger partial charge in [0.25, 0.3) is 0 Å². The summed E-state index contributed by atoms with van der Waals surface area (Å²) in [5.41, 5.74) is 0.892. The van der Waals surface area contributed by atoms with Gasteiger partial charge in [0.2, 0.25) is 17.7 Å². The maximum absolute atomic E-state index is 13.6. The van der Waals surface area contributed by atoms with E-state index in [2.05, 4.69) is 15.5 Å². The van der Waals surface area contributed by atoms with Gasteiger partial charge in [0, 0.05) is 25.1 Å². The smallest absolute Gasteiger partial charge is 0.243 e. The van der Waals surface area contributed by atoms with Crippen molar-refractivity contribution in [1.82, 2.24) is 35.2 Å². The Morgan fingerprint density at radius 1 is 0.976 bits per heavy atom. The summed E-state index contributed by atoms with van der Waals surface area (Å²) in [5.74, 6) is 1.72. The average Bonchev–Trinajstić information content (AvgIpc) is 3.23. The lowest BCUT2D eigenvalue weighted by molar-refractivity contribution is -0.133. The van der Waals surface area contributed by atoms with Crippen LogP contribution in [0.15, 0.2) is 30.3 Å². The van der Waals surface area contributed by atoms with E-state index in [4.69, 9.17) is 10.1 Å². The van der Waals surface area contributed by atoms with Crippen molar-refractivity contribution in [3.8, 4) is 11.4 Å². The van der Waals surface area contributed by atoms with Crippen molar-refractivity contribution in [2.45, 2.75) is 77.4 Å². The molecule has 0 spiro atoms. The number of hydrogen-bond donors (Lipinski definition) is 2. The Morgan fingerprint density at radius 2 is 1.71 bits per heavy atom. The second-order valence-corrected chi connectivity index (χ2v) is 12.7. The lowest BCUT2D eigenvalue weighted by atomic mass is 10.0. The summed E-state index contributed by atoms with van der Waals surface area (Å²) in [6.07, 6.45) is 7.99. The minimum atomic E-state index is -0.639. The van der Waals surface area contributed by atoms with E-state index >= 15 is 0 Å². The molecule has 2 aliphatic heterocycles. The number of aromatic nitrogens is 3. The summed E-state index contributed by atoms with van der Waals surface area (Å²) in [6, 6.07) is 8.75. The van der Waals surface area contributed by atoms with Crippen LogP contribution in [-0.4, -0.2) is 93.1 Å². The molecule has 4 rings (SSSR count). The van der Waals surface area contributed by atoms with Gasteiger partial charge in [-0.1, -0.05) is 57.0 Å². The Bertz CT molecular complexity index is 1160. The number of amides is 3. The maximum Gasteiger partial charge on any atom is 0.243 e. The van der Waals surface area contributed by atoms with Gasteiger partial charge in [-0.2, -0.15) is 16.9 Å². The molecule has 1 aromatic heterocycles. The number of likely N-dealkylation sites (tertiary alicyclic amines) is 1. The zero-order chi connectivity index (χ0) is 29.9. The fourth-order valence-electron chi connectivity index (χ4n) is 5.61. The Labute approximate surface area is 254 Å². The molecule has 0 unspecified atom stereocenters. The van der Waals surface area contributed by atoms with Crippen molar-refractivity contribution in [2.24, 2.45) is 5.92 Å². The SMILES string of the molecule is CSCC[C@@H]1NC(=O)CCCN(C(=O)CN2CCCCCC2)CCn2nc(-c3ccccc3)nc2[C@@H](C(C)C)NC1=O. The molecule has 0 bridgehead atoms. The molecule has 10 nitrogen and oxygen atoms in total. The molecular formula is C31H47N7O3S. The lowest BCUT2D eigenvalue weighted by Crippen LogP contribution is -2.49. The molecule has 230 valence electrons. The zero-order valence-corrected chi connectivity index (χ0v) is 26.2. The molecular weight excluding hydrogens is 550 g/mol. The highest BCUT2D eigenvalue weighted by Gasteiger charge is 2.30. The molecule has 42 heavy (non-hydrogen) atoms. The second-order valence-electron chi connectivity index (χ2n) is 11.7. The van der Waals surface area contributed by atoms with Crippen LogP contribution in [0.2, 0.25) is 0 Å². The molecule has 3 amide bonds. The first-order valence-electron chi connectivity index (χ1n) is 15.4. The molecule has 1 aromatic carbocycles. The van der Waals surface area contributed by atoms with Crippen LogP contribution in [0.4, 0.5) is 0 Å². The van der Waals surface area contributed by atoms with E-state index in [0.717, 1.165) is 37.2 Å². The van der Waals surface area contributed by atoms with Crippen LogP contribution in [0.5, 0.6) is 0 Å². The summed E-state index contributed by atoms with van der Waals surface area (Å²) in [5, 5.41) is 11.0. The third-order valence-electron chi connectivity index (χ3n) is 8.06. The van der Waals surface area contributed by atoms with E-state index in [0.29, 0.717) is 50.7 Å². The molecule has 3 heterocycles. The molecule has 2 N–H and O–H groups in total. The van der Waals surface area contributed by atoms with Gasteiger partial charge < -0.3 is 15.5 Å². The number of benzene rings is 1. The highest BCUT2D eigenvalue weighted by molar-refractivity contribution is 7.98. The van der Waals surface area contributed by atoms with Crippen LogP contribution in [0.3, 0.4) is 0 Å². The van der Waals surface area contributed by atoms with Gasteiger partial charge >= 0.3 is 0 Å². The van der Waals surface area contributed by atoms with E-state index in [1.54, 1.807) is 11.8 Å². The Kier molecular flexibility index (Phi) is 12.2. The monoisotopic (exact) mass is 597 g/mol. The van der Waals surface area contributed by atoms with Crippen LogP contribution in [0.1, 0.15) is 70.7 Å². The largest absolute Gasteiger partial charge is 0.344 e. The van der Waals surface area contributed by atoms with Crippen molar-refractivity contribution in [2.75, 3.05) is 44.7 Å². The second kappa shape index (κ2) is 16.1. The Morgan fingerprint density at radius 3 is 2.40 bits per heavy atom. The maximum atomic E-state index is 13.6. The Hall–Kier alpha value is -2.92. The fourth-order valence-corrected chi connectivity index (χ4v) is 6.08. The van der Waals surface area contributed by atoms with Crippen molar-refractivity contribution in [3.05, 3.63) is 36.2 Å². The molecule has 0 saturated carbocycles. The summed E-state index contributed by atoms with van der Waals surface area (Å²) < 4.78 is 1.86. The van der Waals surface area contributed by atoms with Gasteiger partial charge in [0.1, 0.15) is 6.04 Å². The van der Waals surface area contributed by atoms with E-state index in [1.165, 1.54) is 12.8 Å². The van der Waals surface area contributed by atoms with Crippen LogP contribution in [0.25, 0.3) is 11.4 Å². The zero-order valence-electron chi connectivity index (χ0n) is 25.4. The van der Waals surface area contributed by atoms with Gasteiger partial charge in [0.05, 0.1) is 19.1 Å². The topological polar surface area (TPSA) is 112 Å². The number of nitrogens with zero attached hydrogens (tertiary/aromatic N) is 5. The molecule has 1 fully saturated rings. The van der Waals surface area contributed by atoms with Crippen LogP contribution >= 0.6 is 11.8 Å². The minimum Gasteiger partial charge on any atom is -0.344 e. The first-order valence-corrected chi connectivity index (χ1v) is 16.8. The van der Waals surface area contributed by atoms with Gasteiger partial charge in [-0.25, -0.2) is 9.67 Å². The molecule has 0 radical (unpaired) electrons. The van der Waals surface area contributed by atoms with E-state index < -0.39 is 12.1 Å². The fraction of sp³-hybridized carbons (Fsp3) is 0.645. The van der Waals surface area contributed by atoms with E-state index in [-0.39, 0.29) is 30.1 Å². The third-order valence-corrected chi connectivity index (χ3v) is 8.71. The minimum absolute atomic E-state index is 0.0195. The van der Waals surface area contributed by atoms with Crippen LogP contribution < -0.4 is 10.6 Å². The van der Waals surface area contributed by atoms with Crippen molar-refractivity contribution >= 4 is 29.5 Å². The van der Waals surface area contributed by atoms with Gasteiger partial charge in [-0.15, -0.1) is 0 Å². The van der Waals surface area contributed by atoms with Crippen molar-refractivity contribution < 1.29 is 14.4 Å². The van der Waals surface area contributed by atoms with Crippen LogP contribution in [-0.2, 0) is 20.9 Å². The van der Waals surface area contributed by atoms with Gasteiger partial charge in [-0.05, 0) is 56.7 Å². The standard InChI is InChI=1S/C31H47N7O3S/c1-23(2)28-30-34-29(24-12-7-6-8-13-24)35-38(30)20-19-37(27(40)22-36-16-9-4-5-10-17-36)18-11-14-26(39)32-25(15-21-42-3)31(41)33-28/h6-8,12-13,23,25,28H,4-5,9-11,14-22H2,1-3H3,(H,32,39)(H,33,41)/t25-,28+/m0/s1. The number of nitrogens with one attached hydrogen (secondary N) is 2. The first-order chi connectivity index (χ1) is 20.4. The summed E-state index contributed by atoms with van der Waals surface area (Å²) in [6.45, 7) is 7.75. The predicted molar refractivity (Wildman–Crippen MR) is 167 cm³/mol. The molecule has 2 aromatic rings. The van der Waals surface area contributed by atoms with Gasteiger partial charge in [-0.3, -0.25) is 19.3 Å². The number of thioether (sulfide) groups is 1. The number of hydrogen-bond acceptors (Lipinski definition) is 7. The summed E-state index contributed by atoms with van der Waals surface area (Å²) in [7, 11) is 0. The van der Waals surface area contributed by atoms with E-state index in [9.17, 15) is 14.4 Å². The highest BCUT2D eigenvalue weighted by Crippen LogP contribution is 2.25. The molecule has 2 atom stereocenters. The Balaban J connectivity index is 1.65. The highest BCUT2D eigenvalue weighted by atomic mass is 32.2. The number of fused-ring (bicyclic) bond motifs is 1. The summed E-state index contributed by atoms with van der Waals surface area (Å²) in [4.78, 5) is 49.2. The van der Waals surface area contributed by atoms with Crippen molar-refractivity contribution in [1.29, 1.82) is 0 Å². The summed E-state index contributed by atoms with van der Waals surface area (Å²) >= 11 is 1.64. The first kappa shape index (κ1) is 32.0. The molecule has 0 aliphatic carbocycles.